The Labute approximate surface area is 194 Å². The molecule has 0 bridgehead atoms. The van der Waals surface area contributed by atoms with Crippen LogP contribution in [0.2, 0.25) is 0 Å². The average Bonchev–Trinajstić information content (AvgIpc) is 2.80. The van der Waals surface area contributed by atoms with Gasteiger partial charge in [0, 0.05) is 24.3 Å². The molecule has 0 atom stereocenters. The zero-order valence-corrected chi connectivity index (χ0v) is 18.7. The van der Waals surface area contributed by atoms with Crippen LogP contribution in [0.25, 0.3) is 0 Å². The summed E-state index contributed by atoms with van der Waals surface area (Å²) in [7, 11) is -3.16. The van der Waals surface area contributed by atoms with E-state index in [1.165, 1.54) is 27.2 Å². The van der Waals surface area contributed by atoms with Crippen LogP contribution in [0.4, 0.5) is 23.7 Å². The number of nitrogens with one attached hydrogen (secondary N) is 1. The molecule has 34 heavy (non-hydrogen) atoms. The van der Waals surface area contributed by atoms with Crippen molar-refractivity contribution in [3.63, 3.8) is 0 Å². The van der Waals surface area contributed by atoms with Gasteiger partial charge in [0.25, 0.3) is 0 Å². The van der Waals surface area contributed by atoms with Gasteiger partial charge >= 0.3 is 18.1 Å². The zero-order valence-electron chi connectivity index (χ0n) is 17.9. The molecule has 2 aromatic carbocycles. The number of rotatable bonds is 6. The SMILES string of the molecule is O=C(CNC(=O)C(F)(F)F)c1ccc(CN(C(=O)N2CCS(=O)(=O)CC2)c2ccccc2)cc1. The van der Waals surface area contributed by atoms with Gasteiger partial charge in [-0.25, -0.2) is 13.2 Å². The third-order valence-corrected chi connectivity index (χ3v) is 6.81. The third kappa shape index (κ3) is 6.56. The molecule has 0 saturated carbocycles. The van der Waals surface area contributed by atoms with Crippen LogP contribution >= 0.6 is 0 Å². The molecule has 3 amide bonds. The number of benzene rings is 2. The van der Waals surface area contributed by atoms with Gasteiger partial charge in [0.1, 0.15) is 0 Å². The molecule has 12 heteroatoms. The van der Waals surface area contributed by atoms with Crippen molar-refractivity contribution >= 4 is 33.2 Å². The number of hydrogen-bond acceptors (Lipinski definition) is 5. The highest BCUT2D eigenvalue weighted by molar-refractivity contribution is 7.91. The van der Waals surface area contributed by atoms with Gasteiger partial charge in [-0.05, 0) is 17.7 Å². The van der Waals surface area contributed by atoms with Crippen LogP contribution in [0, 0.1) is 0 Å². The topological polar surface area (TPSA) is 104 Å². The van der Waals surface area contributed by atoms with E-state index in [9.17, 15) is 36.0 Å². The van der Waals surface area contributed by atoms with Crippen LogP contribution in [0.5, 0.6) is 0 Å². The average molecular weight is 497 g/mol. The van der Waals surface area contributed by atoms with Crippen LogP contribution < -0.4 is 10.2 Å². The number of sulfone groups is 1. The Kier molecular flexibility index (Phi) is 7.60. The smallest absolute Gasteiger partial charge is 0.341 e. The van der Waals surface area contributed by atoms with Gasteiger partial charge in [-0.1, -0.05) is 42.5 Å². The van der Waals surface area contributed by atoms with Crippen molar-refractivity contribution in [1.82, 2.24) is 10.2 Å². The second-order valence-corrected chi connectivity index (χ2v) is 9.95. The van der Waals surface area contributed by atoms with Crippen LogP contribution in [0.3, 0.4) is 0 Å². The Morgan fingerprint density at radius 3 is 2.09 bits per heavy atom. The minimum Gasteiger partial charge on any atom is -0.341 e. The van der Waals surface area contributed by atoms with Crippen molar-refractivity contribution in [3.8, 4) is 0 Å². The number of ketones is 1. The zero-order chi connectivity index (χ0) is 24.9. The maximum absolute atomic E-state index is 13.2. The largest absolute Gasteiger partial charge is 0.471 e. The van der Waals surface area contributed by atoms with Gasteiger partial charge in [-0.15, -0.1) is 0 Å². The molecular formula is C22H22F3N3O5S. The third-order valence-electron chi connectivity index (χ3n) is 5.20. The molecule has 0 unspecified atom stereocenters. The van der Waals surface area contributed by atoms with Gasteiger partial charge in [-0.2, -0.15) is 13.2 Å². The Morgan fingerprint density at radius 1 is 0.941 bits per heavy atom. The van der Waals surface area contributed by atoms with E-state index in [0.717, 1.165) is 0 Å². The summed E-state index contributed by atoms with van der Waals surface area (Å²) in [4.78, 5) is 39.1. The summed E-state index contributed by atoms with van der Waals surface area (Å²) in [6, 6.07) is 14.3. The van der Waals surface area contributed by atoms with Crippen molar-refractivity contribution in [2.24, 2.45) is 0 Å². The lowest BCUT2D eigenvalue weighted by molar-refractivity contribution is -0.173. The van der Waals surface area contributed by atoms with E-state index in [0.29, 0.717) is 11.3 Å². The lowest BCUT2D eigenvalue weighted by Gasteiger charge is -2.33. The van der Waals surface area contributed by atoms with Crippen molar-refractivity contribution < 1.29 is 36.0 Å². The summed E-state index contributed by atoms with van der Waals surface area (Å²) >= 11 is 0. The molecule has 1 aliphatic heterocycles. The fourth-order valence-corrected chi connectivity index (χ4v) is 4.49. The maximum Gasteiger partial charge on any atom is 0.471 e. The number of carbonyl (C=O) groups is 3. The van der Waals surface area contributed by atoms with Crippen molar-refractivity contribution in [2.75, 3.05) is 36.0 Å². The molecule has 1 heterocycles. The number of halogens is 3. The highest BCUT2D eigenvalue weighted by atomic mass is 32.2. The number of Topliss-reactive ketones (excluding diaryl/α,β-unsaturated/α-hetero) is 1. The maximum atomic E-state index is 13.2. The fourth-order valence-electron chi connectivity index (χ4n) is 3.29. The van der Waals surface area contributed by atoms with Crippen LogP contribution in [-0.4, -0.2) is 68.4 Å². The summed E-state index contributed by atoms with van der Waals surface area (Å²) in [5.41, 5.74) is 1.33. The van der Waals surface area contributed by atoms with Crippen molar-refractivity contribution in [1.29, 1.82) is 0 Å². The van der Waals surface area contributed by atoms with Gasteiger partial charge in [0.05, 0.1) is 24.6 Å². The first-order valence-corrected chi connectivity index (χ1v) is 12.1. The number of alkyl halides is 3. The summed E-state index contributed by atoms with van der Waals surface area (Å²) in [5, 5.41) is 1.53. The molecule has 0 radical (unpaired) electrons. The number of carbonyl (C=O) groups excluding carboxylic acids is 3. The Bertz CT molecular complexity index is 1140. The molecule has 1 N–H and O–H groups in total. The van der Waals surface area contributed by atoms with Crippen LogP contribution in [0.15, 0.2) is 54.6 Å². The summed E-state index contributed by atoms with van der Waals surface area (Å²) in [5.74, 6) is -3.11. The summed E-state index contributed by atoms with van der Waals surface area (Å²) < 4.78 is 60.2. The van der Waals surface area contributed by atoms with Gasteiger partial charge in [0.15, 0.2) is 15.6 Å². The Balaban J connectivity index is 1.71. The van der Waals surface area contributed by atoms with E-state index in [1.54, 1.807) is 42.5 Å². The highest BCUT2D eigenvalue weighted by Gasteiger charge is 2.38. The van der Waals surface area contributed by atoms with Crippen molar-refractivity contribution in [2.45, 2.75) is 12.7 Å². The van der Waals surface area contributed by atoms with E-state index in [1.807, 2.05) is 0 Å². The van der Waals surface area contributed by atoms with E-state index in [4.69, 9.17) is 0 Å². The van der Waals surface area contributed by atoms with Gasteiger partial charge < -0.3 is 10.2 Å². The molecule has 0 aromatic heterocycles. The van der Waals surface area contributed by atoms with Crippen LogP contribution in [0.1, 0.15) is 15.9 Å². The van der Waals surface area contributed by atoms with Gasteiger partial charge in [-0.3, -0.25) is 14.5 Å². The second-order valence-electron chi connectivity index (χ2n) is 7.64. The Hall–Kier alpha value is -3.41. The number of amides is 3. The number of anilines is 1. The molecule has 0 aliphatic carbocycles. The fraction of sp³-hybridized carbons (Fsp3) is 0.318. The number of urea groups is 1. The molecule has 1 saturated heterocycles. The number of hydrogen-bond donors (Lipinski definition) is 1. The molecular weight excluding hydrogens is 475 g/mol. The predicted molar refractivity (Wildman–Crippen MR) is 118 cm³/mol. The number of para-hydroxylation sites is 1. The molecule has 8 nitrogen and oxygen atoms in total. The lowest BCUT2D eigenvalue weighted by atomic mass is 10.1. The second kappa shape index (κ2) is 10.2. The lowest BCUT2D eigenvalue weighted by Crippen LogP contribution is -2.49. The number of nitrogens with zero attached hydrogens (tertiary/aromatic N) is 2. The minimum absolute atomic E-state index is 0.0849. The highest BCUT2D eigenvalue weighted by Crippen LogP contribution is 2.21. The van der Waals surface area contributed by atoms with E-state index in [-0.39, 0.29) is 42.7 Å². The van der Waals surface area contributed by atoms with Crippen LogP contribution in [-0.2, 0) is 21.2 Å². The minimum atomic E-state index is -5.07. The standard InChI is InChI=1S/C22H22F3N3O5S/c23-22(24,25)20(30)26-14-19(29)17-8-6-16(7-9-17)15-28(18-4-2-1-3-5-18)21(31)27-10-12-34(32,33)13-11-27/h1-9H,10-15H2,(H,26,30). The Morgan fingerprint density at radius 2 is 1.53 bits per heavy atom. The summed E-state index contributed by atoms with van der Waals surface area (Å²) in [6.07, 6.45) is -5.07. The normalized spacial score (nSPS) is 15.4. The van der Waals surface area contributed by atoms with E-state index < -0.39 is 34.2 Å². The molecule has 182 valence electrons. The first kappa shape index (κ1) is 25.2. The molecule has 3 rings (SSSR count). The molecule has 0 spiro atoms. The molecule has 2 aromatic rings. The molecule has 1 fully saturated rings. The van der Waals surface area contributed by atoms with Crippen molar-refractivity contribution in [3.05, 3.63) is 65.7 Å². The quantitative estimate of drug-likeness (QED) is 0.618. The first-order chi connectivity index (χ1) is 16.0. The predicted octanol–water partition coefficient (Wildman–Crippen LogP) is 2.40. The van der Waals surface area contributed by atoms with Gasteiger partial charge in [0.2, 0.25) is 0 Å². The summed E-state index contributed by atoms with van der Waals surface area (Å²) in [6.45, 7) is -0.515. The van der Waals surface area contributed by atoms with E-state index in [2.05, 4.69) is 0 Å². The monoisotopic (exact) mass is 497 g/mol. The first-order valence-electron chi connectivity index (χ1n) is 10.3. The molecule has 1 aliphatic rings. The van der Waals surface area contributed by atoms with E-state index >= 15 is 0 Å².